The molecule has 6 nitrogen and oxygen atoms in total. The number of halogens is 2. The summed E-state index contributed by atoms with van der Waals surface area (Å²) in [6, 6.07) is 5.94. The second-order valence-corrected chi connectivity index (χ2v) is 7.47. The lowest BCUT2D eigenvalue weighted by atomic mass is 10.3. The SMILES string of the molecule is CCS(=O)(=O)CCNC(=NC)NCC(C)Oc1cccc(F)c1.I. The summed E-state index contributed by atoms with van der Waals surface area (Å²) in [4.78, 5) is 4.01. The Morgan fingerprint density at radius 3 is 2.67 bits per heavy atom. The molecule has 0 spiro atoms. The topological polar surface area (TPSA) is 79.8 Å². The molecule has 0 fully saturated rings. The summed E-state index contributed by atoms with van der Waals surface area (Å²) >= 11 is 0. The van der Waals surface area contributed by atoms with E-state index in [-0.39, 0.29) is 53.9 Å². The van der Waals surface area contributed by atoms with Crippen molar-refractivity contribution in [2.75, 3.05) is 31.6 Å². The van der Waals surface area contributed by atoms with Gasteiger partial charge in [-0.1, -0.05) is 13.0 Å². The number of hydrogen-bond acceptors (Lipinski definition) is 4. The molecule has 0 aliphatic heterocycles. The second kappa shape index (κ2) is 11.5. The highest BCUT2D eigenvalue weighted by molar-refractivity contribution is 14.0. The zero-order valence-corrected chi connectivity index (χ0v) is 17.2. The number of benzene rings is 1. The van der Waals surface area contributed by atoms with Crippen molar-refractivity contribution in [3.05, 3.63) is 30.1 Å². The fourth-order valence-electron chi connectivity index (χ4n) is 1.74. The van der Waals surface area contributed by atoms with E-state index in [4.69, 9.17) is 4.74 Å². The number of nitrogens with one attached hydrogen (secondary N) is 2. The molecule has 0 saturated heterocycles. The van der Waals surface area contributed by atoms with Crippen molar-refractivity contribution in [3.8, 4) is 5.75 Å². The summed E-state index contributed by atoms with van der Waals surface area (Å²) in [5.41, 5.74) is 0. The Morgan fingerprint density at radius 2 is 2.08 bits per heavy atom. The molecule has 0 heterocycles. The number of ether oxygens (including phenoxy) is 1. The number of sulfone groups is 1. The standard InChI is InChI=1S/C15H24FN3O3S.HI/c1-4-23(20,21)9-8-18-15(17-3)19-11-12(2)22-14-7-5-6-13(16)10-14;/h5-7,10,12H,4,8-9,11H2,1-3H3,(H2,17,18,19);1H. The predicted molar refractivity (Wildman–Crippen MR) is 106 cm³/mol. The van der Waals surface area contributed by atoms with Gasteiger partial charge in [-0.25, -0.2) is 12.8 Å². The lowest BCUT2D eigenvalue weighted by Crippen LogP contribution is -2.43. The van der Waals surface area contributed by atoms with Crippen LogP contribution in [0.5, 0.6) is 5.75 Å². The van der Waals surface area contributed by atoms with E-state index in [0.29, 0.717) is 18.3 Å². The highest BCUT2D eigenvalue weighted by atomic mass is 127. The van der Waals surface area contributed by atoms with Crippen molar-refractivity contribution in [3.63, 3.8) is 0 Å². The summed E-state index contributed by atoms with van der Waals surface area (Å²) in [7, 11) is -1.41. The van der Waals surface area contributed by atoms with Crippen molar-refractivity contribution in [2.24, 2.45) is 4.99 Å². The maximum atomic E-state index is 13.1. The number of rotatable bonds is 8. The van der Waals surface area contributed by atoms with Gasteiger partial charge in [0, 0.05) is 25.4 Å². The van der Waals surface area contributed by atoms with Crippen LogP contribution in [-0.2, 0) is 9.84 Å². The summed E-state index contributed by atoms with van der Waals surface area (Å²) in [6.45, 7) is 4.19. The Kier molecular flexibility index (Phi) is 10.9. The van der Waals surface area contributed by atoms with E-state index in [9.17, 15) is 12.8 Å². The van der Waals surface area contributed by atoms with Gasteiger partial charge in [-0.05, 0) is 19.1 Å². The number of hydrogen-bond donors (Lipinski definition) is 2. The Balaban J connectivity index is 0.00000529. The van der Waals surface area contributed by atoms with Crippen LogP contribution in [0.1, 0.15) is 13.8 Å². The highest BCUT2D eigenvalue weighted by Gasteiger charge is 2.09. The first kappa shape index (κ1) is 22.9. The zero-order valence-electron chi connectivity index (χ0n) is 14.1. The quantitative estimate of drug-likeness (QED) is 0.342. The van der Waals surface area contributed by atoms with Crippen LogP contribution in [0.4, 0.5) is 4.39 Å². The molecule has 0 saturated carbocycles. The Labute approximate surface area is 160 Å². The largest absolute Gasteiger partial charge is 0.489 e. The molecule has 0 aliphatic rings. The fraction of sp³-hybridized carbons (Fsp3) is 0.533. The van der Waals surface area contributed by atoms with Crippen LogP contribution in [0.15, 0.2) is 29.3 Å². The van der Waals surface area contributed by atoms with Crippen LogP contribution < -0.4 is 15.4 Å². The third-order valence-corrected chi connectivity index (χ3v) is 4.77. The van der Waals surface area contributed by atoms with Gasteiger partial charge >= 0.3 is 0 Å². The molecule has 24 heavy (non-hydrogen) atoms. The van der Waals surface area contributed by atoms with Crippen LogP contribution in [0.3, 0.4) is 0 Å². The molecule has 9 heteroatoms. The number of nitrogens with zero attached hydrogens (tertiary/aromatic N) is 1. The molecular weight excluding hydrogens is 448 g/mol. The smallest absolute Gasteiger partial charge is 0.191 e. The van der Waals surface area contributed by atoms with E-state index in [1.54, 1.807) is 26.1 Å². The normalized spacial score (nSPS) is 12.9. The van der Waals surface area contributed by atoms with Crippen molar-refractivity contribution in [1.82, 2.24) is 10.6 Å². The lowest BCUT2D eigenvalue weighted by Gasteiger charge is -2.17. The van der Waals surface area contributed by atoms with Gasteiger partial charge in [0.25, 0.3) is 0 Å². The fourth-order valence-corrected chi connectivity index (χ4v) is 2.45. The molecule has 138 valence electrons. The summed E-state index contributed by atoms with van der Waals surface area (Å²) in [5, 5.41) is 5.97. The van der Waals surface area contributed by atoms with Gasteiger partial charge in [0.1, 0.15) is 17.7 Å². The van der Waals surface area contributed by atoms with Gasteiger partial charge in [-0.2, -0.15) is 0 Å². The third-order valence-electron chi connectivity index (χ3n) is 3.06. The lowest BCUT2D eigenvalue weighted by molar-refractivity contribution is 0.223. The van der Waals surface area contributed by atoms with E-state index >= 15 is 0 Å². The van der Waals surface area contributed by atoms with Gasteiger partial charge in [0.15, 0.2) is 15.8 Å². The maximum absolute atomic E-state index is 13.1. The first-order valence-electron chi connectivity index (χ1n) is 7.43. The maximum Gasteiger partial charge on any atom is 0.191 e. The van der Waals surface area contributed by atoms with Crippen LogP contribution in [0, 0.1) is 5.82 Å². The third kappa shape index (κ3) is 9.26. The average molecular weight is 473 g/mol. The zero-order chi connectivity index (χ0) is 17.3. The predicted octanol–water partition coefficient (Wildman–Crippen LogP) is 1.81. The molecule has 1 aromatic carbocycles. The minimum atomic E-state index is -3.00. The molecule has 0 amide bonds. The van der Waals surface area contributed by atoms with Gasteiger partial charge in [-0.3, -0.25) is 4.99 Å². The Morgan fingerprint density at radius 1 is 1.38 bits per heavy atom. The van der Waals surface area contributed by atoms with Gasteiger partial charge < -0.3 is 15.4 Å². The van der Waals surface area contributed by atoms with Crippen molar-refractivity contribution in [1.29, 1.82) is 0 Å². The van der Waals surface area contributed by atoms with Crippen LogP contribution in [0.25, 0.3) is 0 Å². The van der Waals surface area contributed by atoms with Gasteiger partial charge in [0.05, 0.1) is 12.3 Å². The first-order valence-corrected chi connectivity index (χ1v) is 9.25. The molecule has 0 aliphatic carbocycles. The monoisotopic (exact) mass is 473 g/mol. The Hall–Kier alpha value is -1.10. The molecule has 1 aromatic rings. The minimum Gasteiger partial charge on any atom is -0.489 e. The molecular formula is C15H25FIN3O3S. The van der Waals surface area contributed by atoms with E-state index in [2.05, 4.69) is 15.6 Å². The molecule has 0 aromatic heterocycles. The van der Waals surface area contributed by atoms with E-state index in [1.807, 2.05) is 6.92 Å². The molecule has 1 atom stereocenters. The number of aliphatic imine (C=N–C) groups is 1. The molecule has 0 bridgehead atoms. The van der Waals surface area contributed by atoms with Gasteiger partial charge in [0.2, 0.25) is 0 Å². The van der Waals surface area contributed by atoms with Crippen LogP contribution in [-0.4, -0.2) is 52.1 Å². The van der Waals surface area contributed by atoms with Crippen molar-refractivity contribution in [2.45, 2.75) is 20.0 Å². The van der Waals surface area contributed by atoms with Gasteiger partial charge in [-0.15, -0.1) is 24.0 Å². The van der Waals surface area contributed by atoms with E-state index < -0.39 is 9.84 Å². The molecule has 1 rings (SSSR count). The van der Waals surface area contributed by atoms with Crippen LogP contribution >= 0.6 is 24.0 Å². The van der Waals surface area contributed by atoms with Crippen LogP contribution in [0.2, 0.25) is 0 Å². The first-order chi connectivity index (χ1) is 10.9. The molecule has 0 radical (unpaired) electrons. The highest BCUT2D eigenvalue weighted by Crippen LogP contribution is 2.13. The minimum absolute atomic E-state index is 0. The Bertz CT molecular complexity index is 626. The van der Waals surface area contributed by atoms with E-state index in [0.717, 1.165) is 0 Å². The van der Waals surface area contributed by atoms with Crippen molar-refractivity contribution < 1.29 is 17.5 Å². The average Bonchev–Trinajstić information content (AvgIpc) is 2.50. The number of guanidine groups is 1. The molecule has 2 N–H and O–H groups in total. The molecule has 1 unspecified atom stereocenters. The summed E-state index contributed by atoms with van der Waals surface area (Å²) in [5.74, 6) is 0.776. The second-order valence-electron chi connectivity index (χ2n) is 5.00. The van der Waals surface area contributed by atoms with Crippen molar-refractivity contribution >= 4 is 39.8 Å². The van der Waals surface area contributed by atoms with E-state index in [1.165, 1.54) is 12.1 Å². The summed E-state index contributed by atoms with van der Waals surface area (Å²) < 4.78 is 41.5. The summed E-state index contributed by atoms with van der Waals surface area (Å²) in [6.07, 6.45) is -0.213.